The fraction of sp³-hybridized carbons (Fsp3) is 0.235. The summed E-state index contributed by atoms with van der Waals surface area (Å²) in [4.78, 5) is 12.1. The number of anilines is 2. The van der Waals surface area contributed by atoms with Crippen LogP contribution in [-0.2, 0) is 14.8 Å². The SMILES string of the molecule is COc1ccc(NC(=O)CNc2ccc(F)c(Cl)c2)cc1S(=O)(=O)N(C)C. The van der Waals surface area contributed by atoms with Crippen LogP contribution in [0.1, 0.15) is 0 Å². The molecule has 0 aliphatic heterocycles. The largest absolute Gasteiger partial charge is 0.495 e. The maximum absolute atomic E-state index is 13.1. The Morgan fingerprint density at radius 2 is 1.85 bits per heavy atom. The molecule has 0 aliphatic rings. The molecule has 0 saturated heterocycles. The highest BCUT2D eigenvalue weighted by molar-refractivity contribution is 7.89. The molecule has 0 spiro atoms. The number of halogens is 2. The van der Waals surface area contributed by atoms with Crippen molar-refractivity contribution in [1.82, 2.24) is 4.31 Å². The third kappa shape index (κ3) is 5.09. The maximum atomic E-state index is 13.1. The van der Waals surface area contributed by atoms with Crippen molar-refractivity contribution < 1.29 is 22.3 Å². The van der Waals surface area contributed by atoms with Crippen LogP contribution in [0.3, 0.4) is 0 Å². The molecule has 2 aromatic rings. The van der Waals surface area contributed by atoms with Gasteiger partial charge in [-0.2, -0.15) is 0 Å². The number of benzene rings is 2. The average Bonchev–Trinajstić information content (AvgIpc) is 2.62. The molecule has 1 amide bonds. The van der Waals surface area contributed by atoms with Gasteiger partial charge in [0.05, 0.1) is 18.7 Å². The third-order valence-electron chi connectivity index (χ3n) is 3.58. The van der Waals surface area contributed by atoms with Gasteiger partial charge >= 0.3 is 0 Å². The van der Waals surface area contributed by atoms with E-state index >= 15 is 0 Å². The number of carbonyl (C=O) groups is 1. The first-order chi connectivity index (χ1) is 12.6. The molecule has 2 N–H and O–H groups in total. The minimum atomic E-state index is -3.75. The lowest BCUT2D eigenvalue weighted by atomic mass is 10.3. The molecular weight excluding hydrogens is 397 g/mol. The fourth-order valence-corrected chi connectivity index (χ4v) is 3.40. The first-order valence-electron chi connectivity index (χ1n) is 7.74. The molecule has 0 heterocycles. The molecule has 0 aliphatic carbocycles. The molecule has 0 atom stereocenters. The average molecular weight is 416 g/mol. The minimum absolute atomic E-state index is 0.0610. The fourth-order valence-electron chi connectivity index (χ4n) is 2.15. The molecule has 0 saturated carbocycles. The lowest BCUT2D eigenvalue weighted by Gasteiger charge is -2.16. The zero-order chi connectivity index (χ0) is 20.2. The van der Waals surface area contributed by atoms with E-state index in [1.54, 1.807) is 0 Å². The molecule has 27 heavy (non-hydrogen) atoms. The molecule has 10 heteroatoms. The highest BCUT2D eigenvalue weighted by Crippen LogP contribution is 2.28. The molecule has 146 valence electrons. The highest BCUT2D eigenvalue weighted by Gasteiger charge is 2.23. The Balaban J connectivity index is 2.12. The first-order valence-corrected chi connectivity index (χ1v) is 9.56. The van der Waals surface area contributed by atoms with Gasteiger partial charge in [-0.15, -0.1) is 0 Å². The Hall–Kier alpha value is -2.36. The van der Waals surface area contributed by atoms with Gasteiger partial charge in [0, 0.05) is 25.5 Å². The van der Waals surface area contributed by atoms with E-state index in [4.69, 9.17) is 16.3 Å². The van der Waals surface area contributed by atoms with Crippen molar-refractivity contribution in [2.24, 2.45) is 0 Å². The number of ether oxygens (including phenoxy) is 1. The van der Waals surface area contributed by atoms with E-state index in [1.165, 1.54) is 57.6 Å². The zero-order valence-electron chi connectivity index (χ0n) is 14.9. The summed E-state index contributed by atoms with van der Waals surface area (Å²) in [5, 5.41) is 5.34. The number of sulfonamides is 1. The van der Waals surface area contributed by atoms with Gasteiger partial charge < -0.3 is 15.4 Å². The Kier molecular flexibility index (Phi) is 6.63. The van der Waals surface area contributed by atoms with Crippen molar-refractivity contribution in [1.29, 1.82) is 0 Å². The van der Waals surface area contributed by atoms with Crippen molar-refractivity contribution in [3.63, 3.8) is 0 Å². The Bertz CT molecular complexity index is 951. The van der Waals surface area contributed by atoms with Gasteiger partial charge in [0.25, 0.3) is 0 Å². The molecule has 0 bridgehead atoms. The Morgan fingerprint density at radius 3 is 2.44 bits per heavy atom. The van der Waals surface area contributed by atoms with Crippen molar-refractivity contribution in [2.75, 3.05) is 38.4 Å². The van der Waals surface area contributed by atoms with Gasteiger partial charge in [0.15, 0.2) is 0 Å². The number of hydrogen-bond donors (Lipinski definition) is 2. The van der Waals surface area contributed by atoms with Crippen LogP contribution in [-0.4, -0.2) is 46.4 Å². The molecule has 0 aromatic heterocycles. The van der Waals surface area contributed by atoms with E-state index in [1.807, 2.05) is 0 Å². The van der Waals surface area contributed by atoms with Crippen molar-refractivity contribution >= 4 is 38.9 Å². The van der Waals surface area contributed by atoms with E-state index in [2.05, 4.69) is 10.6 Å². The molecule has 7 nitrogen and oxygen atoms in total. The van der Waals surface area contributed by atoms with Gasteiger partial charge in [-0.25, -0.2) is 17.1 Å². The third-order valence-corrected chi connectivity index (χ3v) is 5.70. The molecule has 0 fully saturated rings. The second-order valence-electron chi connectivity index (χ2n) is 5.68. The normalized spacial score (nSPS) is 11.3. The summed E-state index contributed by atoms with van der Waals surface area (Å²) in [6.07, 6.45) is 0. The summed E-state index contributed by atoms with van der Waals surface area (Å²) in [6, 6.07) is 8.30. The standard InChI is InChI=1S/C17H19ClFN3O4S/c1-22(2)27(24,25)16-9-12(5-7-15(16)26-3)21-17(23)10-20-11-4-6-14(19)13(18)8-11/h4-9,20H,10H2,1-3H3,(H,21,23). The van der Waals surface area contributed by atoms with Crippen LogP contribution < -0.4 is 15.4 Å². The van der Waals surface area contributed by atoms with Gasteiger partial charge in [-0.1, -0.05) is 11.6 Å². The number of nitrogens with zero attached hydrogens (tertiary/aromatic N) is 1. The molecule has 2 aromatic carbocycles. The quantitative estimate of drug-likeness (QED) is 0.726. The monoisotopic (exact) mass is 415 g/mol. The summed E-state index contributed by atoms with van der Waals surface area (Å²) in [5.74, 6) is -0.811. The van der Waals surface area contributed by atoms with Crippen LogP contribution in [0.25, 0.3) is 0 Å². The number of nitrogens with one attached hydrogen (secondary N) is 2. The number of carbonyl (C=O) groups excluding carboxylic acids is 1. The smallest absolute Gasteiger partial charge is 0.246 e. The van der Waals surface area contributed by atoms with E-state index < -0.39 is 21.7 Å². The number of rotatable bonds is 7. The second-order valence-corrected chi connectivity index (χ2v) is 8.21. The van der Waals surface area contributed by atoms with Crippen molar-refractivity contribution in [3.05, 3.63) is 47.2 Å². The van der Waals surface area contributed by atoms with Gasteiger partial charge in [-0.05, 0) is 36.4 Å². The maximum Gasteiger partial charge on any atom is 0.246 e. The van der Waals surface area contributed by atoms with E-state index in [0.29, 0.717) is 11.4 Å². The highest BCUT2D eigenvalue weighted by atomic mass is 35.5. The van der Waals surface area contributed by atoms with Crippen LogP contribution in [0, 0.1) is 5.82 Å². The predicted molar refractivity (Wildman–Crippen MR) is 102 cm³/mol. The number of amides is 1. The van der Waals surface area contributed by atoms with Crippen LogP contribution in [0.4, 0.5) is 15.8 Å². The van der Waals surface area contributed by atoms with Crippen molar-refractivity contribution in [3.8, 4) is 5.75 Å². The van der Waals surface area contributed by atoms with E-state index in [-0.39, 0.29) is 22.2 Å². The summed E-state index contributed by atoms with van der Waals surface area (Å²) in [5.41, 5.74) is 0.766. The van der Waals surface area contributed by atoms with Crippen LogP contribution in [0.15, 0.2) is 41.3 Å². The summed E-state index contributed by atoms with van der Waals surface area (Å²) < 4.78 is 44.1. The lowest BCUT2D eigenvalue weighted by molar-refractivity contribution is -0.114. The van der Waals surface area contributed by atoms with Gasteiger partial charge in [-0.3, -0.25) is 4.79 Å². The number of methoxy groups -OCH3 is 1. The topological polar surface area (TPSA) is 87.7 Å². The predicted octanol–water partition coefficient (Wildman–Crippen LogP) is 2.79. The van der Waals surface area contributed by atoms with Crippen LogP contribution in [0.5, 0.6) is 5.75 Å². The summed E-state index contributed by atoms with van der Waals surface area (Å²) in [7, 11) is 0.411. The molecular formula is C17H19ClFN3O4S. The molecule has 2 rings (SSSR count). The van der Waals surface area contributed by atoms with E-state index in [9.17, 15) is 17.6 Å². The van der Waals surface area contributed by atoms with Gasteiger partial charge in [0.1, 0.15) is 16.5 Å². The van der Waals surface area contributed by atoms with Crippen molar-refractivity contribution in [2.45, 2.75) is 4.90 Å². The number of hydrogen-bond acceptors (Lipinski definition) is 5. The first kappa shape index (κ1) is 20.9. The van der Waals surface area contributed by atoms with Crippen LogP contribution >= 0.6 is 11.6 Å². The molecule has 0 radical (unpaired) electrons. The second kappa shape index (κ2) is 8.55. The summed E-state index contributed by atoms with van der Waals surface area (Å²) >= 11 is 5.68. The zero-order valence-corrected chi connectivity index (χ0v) is 16.5. The van der Waals surface area contributed by atoms with Gasteiger partial charge in [0.2, 0.25) is 15.9 Å². The summed E-state index contributed by atoms with van der Waals surface area (Å²) in [6.45, 7) is -0.121. The van der Waals surface area contributed by atoms with E-state index in [0.717, 1.165) is 4.31 Å². The minimum Gasteiger partial charge on any atom is -0.495 e. The Labute approximate surface area is 162 Å². The Morgan fingerprint density at radius 1 is 1.19 bits per heavy atom. The molecule has 0 unspecified atom stereocenters. The lowest BCUT2D eigenvalue weighted by Crippen LogP contribution is -2.24. The van der Waals surface area contributed by atoms with Crippen LogP contribution in [0.2, 0.25) is 5.02 Å².